The SMILES string of the molecule is CN(C)c1ccc(N2C(=NC(=O)C3CCCCC3)S[C@H]3CS(=O)(=O)C[C@@H]32)cc1. The first-order valence-electron chi connectivity index (χ1n) is 9.90. The molecule has 6 nitrogen and oxygen atoms in total. The van der Waals surface area contributed by atoms with E-state index in [-0.39, 0.29) is 34.6 Å². The summed E-state index contributed by atoms with van der Waals surface area (Å²) >= 11 is 1.45. The van der Waals surface area contributed by atoms with Crippen LogP contribution < -0.4 is 9.80 Å². The molecule has 1 aliphatic carbocycles. The predicted molar refractivity (Wildman–Crippen MR) is 116 cm³/mol. The average molecular weight is 422 g/mol. The van der Waals surface area contributed by atoms with Crippen molar-refractivity contribution in [1.82, 2.24) is 0 Å². The lowest BCUT2D eigenvalue weighted by atomic mass is 9.89. The molecule has 3 fully saturated rings. The van der Waals surface area contributed by atoms with Gasteiger partial charge in [0, 0.05) is 36.6 Å². The van der Waals surface area contributed by atoms with Crippen LogP contribution >= 0.6 is 11.8 Å². The Hall–Kier alpha value is -1.54. The molecule has 8 heteroatoms. The van der Waals surface area contributed by atoms with Gasteiger partial charge in [0.2, 0.25) is 0 Å². The molecule has 0 aromatic heterocycles. The molecule has 1 saturated carbocycles. The van der Waals surface area contributed by atoms with Crippen LogP contribution in [0.15, 0.2) is 29.3 Å². The van der Waals surface area contributed by atoms with Crippen molar-refractivity contribution < 1.29 is 13.2 Å². The van der Waals surface area contributed by atoms with E-state index in [9.17, 15) is 13.2 Å². The van der Waals surface area contributed by atoms with Crippen LogP contribution in [0.4, 0.5) is 11.4 Å². The van der Waals surface area contributed by atoms with E-state index in [1.807, 2.05) is 48.2 Å². The normalized spacial score (nSPS) is 28.5. The van der Waals surface area contributed by atoms with E-state index in [1.165, 1.54) is 18.2 Å². The van der Waals surface area contributed by atoms with Crippen LogP contribution in [0.5, 0.6) is 0 Å². The van der Waals surface area contributed by atoms with Gasteiger partial charge in [0.15, 0.2) is 15.0 Å². The first-order valence-corrected chi connectivity index (χ1v) is 12.6. The Morgan fingerprint density at radius 3 is 2.43 bits per heavy atom. The van der Waals surface area contributed by atoms with Gasteiger partial charge in [-0.3, -0.25) is 4.79 Å². The lowest BCUT2D eigenvalue weighted by Gasteiger charge is -2.26. The smallest absolute Gasteiger partial charge is 0.251 e. The van der Waals surface area contributed by atoms with E-state index in [2.05, 4.69) is 4.99 Å². The van der Waals surface area contributed by atoms with E-state index < -0.39 is 9.84 Å². The fourth-order valence-corrected chi connectivity index (χ4v) is 8.23. The molecule has 4 rings (SSSR count). The van der Waals surface area contributed by atoms with Gasteiger partial charge in [0.25, 0.3) is 5.91 Å². The van der Waals surface area contributed by atoms with Crippen LogP contribution in [-0.4, -0.2) is 56.4 Å². The number of benzene rings is 1. The van der Waals surface area contributed by atoms with Crippen molar-refractivity contribution in [2.45, 2.75) is 43.4 Å². The monoisotopic (exact) mass is 421 g/mol. The molecule has 1 amide bonds. The minimum absolute atomic E-state index is 0.0176. The van der Waals surface area contributed by atoms with Gasteiger partial charge in [-0.15, -0.1) is 0 Å². The van der Waals surface area contributed by atoms with Crippen molar-refractivity contribution >= 4 is 44.0 Å². The lowest BCUT2D eigenvalue weighted by molar-refractivity contribution is -0.122. The van der Waals surface area contributed by atoms with Gasteiger partial charge >= 0.3 is 0 Å². The molecular formula is C20H27N3O3S2. The molecule has 0 spiro atoms. The third-order valence-electron chi connectivity index (χ3n) is 5.87. The quantitative estimate of drug-likeness (QED) is 0.747. The third-order valence-corrected chi connectivity index (χ3v) is 9.08. The maximum Gasteiger partial charge on any atom is 0.251 e. The summed E-state index contributed by atoms with van der Waals surface area (Å²) in [5.41, 5.74) is 1.97. The zero-order chi connectivity index (χ0) is 19.9. The zero-order valence-corrected chi connectivity index (χ0v) is 18.0. The second-order valence-corrected chi connectivity index (χ2v) is 11.5. The number of hydrogen-bond acceptors (Lipinski definition) is 5. The van der Waals surface area contributed by atoms with Crippen LogP contribution in [0.1, 0.15) is 32.1 Å². The Morgan fingerprint density at radius 1 is 1.11 bits per heavy atom. The van der Waals surface area contributed by atoms with Gasteiger partial charge in [-0.1, -0.05) is 31.0 Å². The first kappa shape index (κ1) is 19.8. The molecule has 0 radical (unpaired) electrons. The molecule has 0 unspecified atom stereocenters. The fraction of sp³-hybridized carbons (Fsp3) is 0.600. The summed E-state index contributed by atoms with van der Waals surface area (Å²) in [6, 6.07) is 7.85. The molecule has 152 valence electrons. The molecule has 1 aromatic rings. The van der Waals surface area contributed by atoms with Crippen LogP contribution in [0.25, 0.3) is 0 Å². The average Bonchev–Trinajstić information content (AvgIpc) is 3.13. The number of fused-ring (bicyclic) bond motifs is 1. The van der Waals surface area contributed by atoms with Crippen LogP contribution in [0, 0.1) is 5.92 Å². The van der Waals surface area contributed by atoms with Crippen LogP contribution in [0.3, 0.4) is 0 Å². The number of amidine groups is 1. The molecule has 0 N–H and O–H groups in total. The van der Waals surface area contributed by atoms with Gasteiger partial charge < -0.3 is 9.80 Å². The van der Waals surface area contributed by atoms with Gasteiger partial charge in [0.1, 0.15) is 0 Å². The number of nitrogens with zero attached hydrogens (tertiary/aromatic N) is 3. The summed E-state index contributed by atoms with van der Waals surface area (Å²) in [5.74, 6) is 0.256. The third kappa shape index (κ3) is 3.94. The number of sulfone groups is 1. The van der Waals surface area contributed by atoms with E-state index in [0.717, 1.165) is 37.1 Å². The number of amides is 1. The Kier molecular flexibility index (Phi) is 5.44. The highest BCUT2D eigenvalue weighted by molar-refractivity contribution is 8.16. The number of rotatable bonds is 3. The van der Waals surface area contributed by atoms with Gasteiger partial charge in [-0.25, -0.2) is 8.42 Å². The van der Waals surface area contributed by atoms with Crippen molar-refractivity contribution in [2.24, 2.45) is 10.9 Å². The maximum atomic E-state index is 12.8. The highest BCUT2D eigenvalue weighted by Gasteiger charge is 2.49. The van der Waals surface area contributed by atoms with Gasteiger partial charge in [0.05, 0.1) is 17.5 Å². The summed E-state index contributed by atoms with van der Waals surface area (Å²) in [6.07, 6.45) is 5.21. The van der Waals surface area contributed by atoms with E-state index >= 15 is 0 Å². The molecule has 28 heavy (non-hydrogen) atoms. The van der Waals surface area contributed by atoms with Crippen LogP contribution in [0.2, 0.25) is 0 Å². The fourth-order valence-electron chi connectivity index (χ4n) is 4.31. The Balaban J connectivity index is 1.65. The first-order chi connectivity index (χ1) is 13.3. The Labute approximate surface area is 171 Å². The van der Waals surface area contributed by atoms with Crippen molar-refractivity contribution in [3.8, 4) is 0 Å². The predicted octanol–water partition coefficient (Wildman–Crippen LogP) is 2.93. The second kappa shape index (κ2) is 7.71. The molecule has 1 aromatic carbocycles. The maximum absolute atomic E-state index is 12.8. The number of hydrogen-bond donors (Lipinski definition) is 0. The molecule has 2 heterocycles. The zero-order valence-electron chi connectivity index (χ0n) is 16.4. The molecule has 2 saturated heterocycles. The van der Waals surface area contributed by atoms with Crippen molar-refractivity contribution in [2.75, 3.05) is 35.4 Å². The molecule has 2 aliphatic heterocycles. The summed E-state index contributed by atoms with van der Waals surface area (Å²) in [6.45, 7) is 0. The highest BCUT2D eigenvalue weighted by atomic mass is 32.2. The molecular weight excluding hydrogens is 394 g/mol. The van der Waals surface area contributed by atoms with Crippen molar-refractivity contribution in [3.05, 3.63) is 24.3 Å². The van der Waals surface area contributed by atoms with E-state index in [0.29, 0.717) is 5.17 Å². The molecule has 3 aliphatic rings. The van der Waals surface area contributed by atoms with Crippen LogP contribution in [-0.2, 0) is 14.6 Å². The summed E-state index contributed by atoms with van der Waals surface area (Å²) in [5, 5.41) is 0.606. The number of thioether (sulfide) groups is 1. The lowest BCUT2D eigenvalue weighted by Crippen LogP contribution is -2.38. The highest BCUT2D eigenvalue weighted by Crippen LogP contribution is 2.41. The van der Waals surface area contributed by atoms with E-state index in [4.69, 9.17) is 0 Å². The van der Waals surface area contributed by atoms with Crippen molar-refractivity contribution in [3.63, 3.8) is 0 Å². The second-order valence-electron chi connectivity index (χ2n) is 8.15. The standard InChI is InChI=1S/C20H27N3O3S2/c1-22(2)15-8-10-16(11-9-15)23-17-12-28(25,26)13-18(17)27-20(23)21-19(24)14-6-4-3-5-7-14/h8-11,14,17-18H,3-7,12-13H2,1-2H3/t17-,18-/m0/s1. The molecule has 0 bridgehead atoms. The summed E-state index contributed by atoms with van der Waals surface area (Å²) in [7, 11) is 0.913. The summed E-state index contributed by atoms with van der Waals surface area (Å²) in [4.78, 5) is 21.3. The largest absolute Gasteiger partial charge is 0.378 e. The summed E-state index contributed by atoms with van der Waals surface area (Å²) < 4.78 is 24.4. The topological polar surface area (TPSA) is 70.0 Å². The number of aliphatic imine (C=N–C) groups is 1. The number of carbonyl (C=O) groups is 1. The van der Waals surface area contributed by atoms with Gasteiger partial charge in [-0.2, -0.15) is 4.99 Å². The Morgan fingerprint density at radius 2 is 1.79 bits per heavy atom. The van der Waals surface area contributed by atoms with Gasteiger partial charge in [-0.05, 0) is 37.1 Å². The number of carbonyl (C=O) groups excluding carboxylic acids is 1. The van der Waals surface area contributed by atoms with Crippen molar-refractivity contribution in [1.29, 1.82) is 0 Å². The number of anilines is 2. The van der Waals surface area contributed by atoms with E-state index in [1.54, 1.807) is 0 Å². The minimum Gasteiger partial charge on any atom is -0.378 e. The molecule has 2 atom stereocenters. The Bertz CT molecular complexity index is 874. The minimum atomic E-state index is -3.05.